The molecule has 2 rings (SSSR count). The fourth-order valence-corrected chi connectivity index (χ4v) is 2.51. The first kappa shape index (κ1) is 13.2. The maximum absolute atomic E-state index is 12.6. The molecule has 0 saturated heterocycles. The van der Waals surface area contributed by atoms with Gasteiger partial charge in [-0.3, -0.25) is 0 Å². The number of hydrogen-bond acceptors (Lipinski definition) is 0. The molecule has 100 valence electrons. The lowest BCUT2D eigenvalue weighted by molar-refractivity contribution is -0.173. The average Bonchev–Trinajstić information content (AvgIpc) is 2.58. The Morgan fingerprint density at radius 2 is 1.50 bits per heavy atom. The van der Waals surface area contributed by atoms with Crippen molar-refractivity contribution in [2.24, 2.45) is 11.8 Å². The fourth-order valence-electron chi connectivity index (χ4n) is 2.51. The van der Waals surface area contributed by atoms with Crippen LogP contribution in [0.5, 0.6) is 0 Å². The second-order valence-corrected chi connectivity index (χ2v) is 4.40. The van der Waals surface area contributed by atoms with Gasteiger partial charge in [0.25, 0.3) is 0 Å². The third kappa shape index (κ3) is 2.33. The Labute approximate surface area is 99.7 Å². The molecular weight excluding hydrogens is 258 g/mol. The van der Waals surface area contributed by atoms with Crippen LogP contribution in [0.2, 0.25) is 0 Å². The molecule has 0 aromatic rings. The SMILES string of the molecule is FC(F)(F)C(=C1C=CC2CC=CCC12)C(F)(F)F. The van der Waals surface area contributed by atoms with Gasteiger partial charge in [0.05, 0.1) is 0 Å². The van der Waals surface area contributed by atoms with E-state index in [2.05, 4.69) is 0 Å². The lowest BCUT2D eigenvalue weighted by atomic mass is 9.81. The largest absolute Gasteiger partial charge is 0.421 e. The third-order valence-electron chi connectivity index (χ3n) is 3.26. The Morgan fingerprint density at radius 3 is 2.06 bits per heavy atom. The highest BCUT2D eigenvalue weighted by Crippen LogP contribution is 2.48. The minimum absolute atomic E-state index is 0.225. The Bertz CT molecular complexity index is 405. The quantitative estimate of drug-likeness (QED) is 0.446. The Hall–Kier alpha value is -1.20. The third-order valence-corrected chi connectivity index (χ3v) is 3.26. The molecule has 0 radical (unpaired) electrons. The molecule has 0 saturated carbocycles. The minimum atomic E-state index is -5.37. The molecule has 0 aromatic heterocycles. The number of fused-ring (bicyclic) bond motifs is 1. The van der Waals surface area contributed by atoms with Gasteiger partial charge >= 0.3 is 12.4 Å². The molecule has 6 heteroatoms. The molecule has 0 amide bonds. The summed E-state index contributed by atoms with van der Waals surface area (Å²) in [5.41, 5.74) is -2.97. The maximum atomic E-state index is 12.6. The van der Waals surface area contributed by atoms with E-state index in [0.29, 0.717) is 6.42 Å². The Kier molecular flexibility index (Phi) is 3.07. The molecule has 0 spiro atoms. The van der Waals surface area contributed by atoms with Crippen LogP contribution in [0, 0.1) is 11.8 Å². The highest BCUT2D eigenvalue weighted by molar-refractivity contribution is 5.40. The number of alkyl halides is 6. The zero-order valence-corrected chi connectivity index (χ0v) is 9.15. The van der Waals surface area contributed by atoms with Gasteiger partial charge in [0.1, 0.15) is 5.57 Å². The monoisotopic (exact) mass is 268 g/mol. The van der Waals surface area contributed by atoms with Crippen LogP contribution >= 0.6 is 0 Å². The standard InChI is InChI=1S/C12H10F6/c13-11(14,15)10(12(16,17)18)9-6-5-7-3-1-2-4-8(7)9/h1-2,5-8H,3-4H2. The van der Waals surface area contributed by atoms with Gasteiger partial charge in [-0.2, -0.15) is 26.3 Å². The van der Waals surface area contributed by atoms with Crippen molar-refractivity contribution < 1.29 is 26.3 Å². The maximum Gasteiger partial charge on any atom is 0.421 e. The molecule has 18 heavy (non-hydrogen) atoms. The van der Waals surface area contributed by atoms with E-state index in [0.717, 1.165) is 6.08 Å². The van der Waals surface area contributed by atoms with Crippen molar-refractivity contribution in [2.45, 2.75) is 25.2 Å². The first-order valence-electron chi connectivity index (χ1n) is 5.43. The summed E-state index contributed by atoms with van der Waals surface area (Å²) in [5.74, 6) is -0.946. The predicted octanol–water partition coefficient (Wildman–Crippen LogP) is 4.56. The van der Waals surface area contributed by atoms with Gasteiger partial charge in [-0.05, 0) is 30.3 Å². The molecule has 0 bridgehead atoms. The molecule has 2 aliphatic carbocycles. The lowest BCUT2D eigenvalue weighted by Gasteiger charge is -2.25. The van der Waals surface area contributed by atoms with Gasteiger partial charge in [-0.15, -0.1) is 0 Å². The topological polar surface area (TPSA) is 0 Å². The smallest absolute Gasteiger partial charge is 0.166 e. The zero-order chi connectivity index (χ0) is 13.6. The van der Waals surface area contributed by atoms with E-state index < -0.39 is 29.4 Å². The molecule has 0 fully saturated rings. The number of allylic oxidation sites excluding steroid dienone is 6. The van der Waals surface area contributed by atoms with Crippen LogP contribution in [0.15, 0.2) is 35.5 Å². The van der Waals surface area contributed by atoms with E-state index in [1.807, 2.05) is 0 Å². The predicted molar refractivity (Wildman–Crippen MR) is 53.6 cm³/mol. The minimum Gasteiger partial charge on any atom is -0.166 e. The van der Waals surface area contributed by atoms with Gasteiger partial charge in [0, 0.05) is 0 Å². The summed E-state index contributed by atoms with van der Waals surface area (Å²) in [6.07, 6.45) is -4.16. The van der Waals surface area contributed by atoms with Crippen LogP contribution in [0.4, 0.5) is 26.3 Å². The van der Waals surface area contributed by atoms with E-state index in [1.165, 1.54) is 6.08 Å². The van der Waals surface area contributed by atoms with Crippen LogP contribution in [-0.4, -0.2) is 12.4 Å². The van der Waals surface area contributed by atoms with Gasteiger partial charge in [0.15, 0.2) is 0 Å². The molecule has 0 nitrogen and oxygen atoms in total. The second-order valence-electron chi connectivity index (χ2n) is 4.40. The lowest BCUT2D eigenvalue weighted by Crippen LogP contribution is -2.29. The molecule has 0 aliphatic heterocycles. The van der Waals surface area contributed by atoms with E-state index in [1.54, 1.807) is 12.2 Å². The second kappa shape index (κ2) is 4.17. The number of hydrogen-bond donors (Lipinski definition) is 0. The van der Waals surface area contributed by atoms with E-state index in [4.69, 9.17) is 0 Å². The van der Waals surface area contributed by atoms with E-state index >= 15 is 0 Å². The summed E-state index contributed by atoms with van der Waals surface area (Å²) in [7, 11) is 0. The van der Waals surface area contributed by atoms with Crippen molar-refractivity contribution >= 4 is 0 Å². The highest BCUT2D eigenvalue weighted by atomic mass is 19.4. The summed E-state index contributed by atoms with van der Waals surface area (Å²) in [5, 5.41) is 0. The van der Waals surface area contributed by atoms with E-state index in [-0.39, 0.29) is 12.3 Å². The van der Waals surface area contributed by atoms with Gasteiger partial charge < -0.3 is 0 Å². The van der Waals surface area contributed by atoms with Crippen molar-refractivity contribution in [1.82, 2.24) is 0 Å². The van der Waals surface area contributed by atoms with Crippen LogP contribution in [0.1, 0.15) is 12.8 Å². The average molecular weight is 268 g/mol. The molecule has 2 atom stereocenters. The first-order valence-corrected chi connectivity index (χ1v) is 5.43. The Balaban J connectivity index is 2.50. The number of halogens is 6. The first-order chi connectivity index (χ1) is 8.21. The summed E-state index contributed by atoms with van der Waals surface area (Å²) < 4.78 is 75.6. The van der Waals surface area contributed by atoms with Crippen molar-refractivity contribution in [3.05, 3.63) is 35.5 Å². The number of rotatable bonds is 0. The van der Waals surface area contributed by atoms with Crippen LogP contribution in [-0.2, 0) is 0 Å². The fraction of sp³-hybridized carbons (Fsp3) is 0.500. The zero-order valence-electron chi connectivity index (χ0n) is 9.15. The summed E-state index contributed by atoms with van der Waals surface area (Å²) in [6.45, 7) is 0. The molecule has 2 aliphatic rings. The molecule has 2 unspecified atom stereocenters. The molecule has 0 heterocycles. The summed E-state index contributed by atoms with van der Waals surface area (Å²) in [6, 6.07) is 0. The van der Waals surface area contributed by atoms with Gasteiger partial charge in [0.2, 0.25) is 0 Å². The molecular formula is C12H10F6. The van der Waals surface area contributed by atoms with Crippen LogP contribution < -0.4 is 0 Å². The summed E-state index contributed by atoms with van der Waals surface area (Å²) >= 11 is 0. The van der Waals surface area contributed by atoms with Crippen molar-refractivity contribution in [3.63, 3.8) is 0 Å². The Morgan fingerprint density at radius 1 is 0.944 bits per heavy atom. The van der Waals surface area contributed by atoms with Crippen molar-refractivity contribution in [1.29, 1.82) is 0 Å². The van der Waals surface area contributed by atoms with Crippen LogP contribution in [0.25, 0.3) is 0 Å². The van der Waals surface area contributed by atoms with Gasteiger partial charge in [-0.1, -0.05) is 24.3 Å². The van der Waals surface area contributed by atoms with E-state index in [9.17, 15) is 26.3 Å². The normalized spacial score (nSPS) is 27.6. The highest BCUT2D eigenvalue weighted by Gasteiger charge is 2.54. The molecule has 0 aromatic carbocycles. The molecule has 0 N–H and O–H groups in total. The van der Waals surface area contributed by atoms with Crippen molar-refractivity contribution in [3.8, 4) is 0 Å². The van der Waals surface area contributed by atoms with Gasteiger partial charge in [-0.25, -0.2) is 0 Å². The summed E-state index contributed by atoms with van der Waals surface area (Å²) in [4.78, 5) is 0. The van der Waals surface area contributed by atoms with Crippen LogP contribution in [0.3, 0.4) is 0 Å². The van der Waals surface area contributed by atoms with Crippen molar-refractivity contribution in [2.75, 3.05) is 0 Å².